The number of carbonyl (C=O) groups is 1. The van der Waals surface area contributed by atoms with Gasteiger partial charge in [-0.05, 0) is 42.8 Å². The third kappa shape index (κ3) is 4.54. The van der Waals surface area contributed by atoms with Gasteiger partial charge in [0.05, 0.1) is 16.3 Å². The fourth-order valence-corrected chi connectivity index (χ4v) is 2.83. The van der Waals surface area contributed by atoms with Crippen molar-refractivity contribution in [3.05, 3.63) is 88.2 Å². The third-order valence-corrected chi connectivity index (χ3v) is 4.42. The molecule has 0 bridgehead atoms. The maximum atomic E-state index is 12.2. The molecule has 1 amide bonds. The van der Waals surface area contributed by atoms with Crippen molar-refractivity contribution in [2.24, 2.45) is 0 Å². The van der Waals surface area contributed by atoms with Crippen LogP contribution in [0.4, 0.5) is 11.4 Å². The van der Waals surface area contributed by atoms with Gasteiger partial charge in [0.2, 0.25) is 0 Å². The van der Waals surface area contributed by atoms with Crippen LogP contribution in [0.3, 0.4) is 0 Å². The van der Waals surface area contributed by atoms with Gasteiger partial charge in [0, 0.05) is 17.9 Å². The number of nitrogens with one attached hydrogen (secondary N) is 2. The highest BCUT2D eigenvalue weighted by atomic mass is 35.5. The molecule has 0 unspecified atom stereocenters. The van der Waals surface area contributed by atoms with E-state index in [1.807, 2.05) is 24.3 Å². The second kappa shape index (κ2) is 8.21. The Bertz CT molecular complexity index is 899. The van der Waals surface area contributed by atoms with Crippen molar-refractivity contribution in [2.75, 3.05) is 10.6 Å². The van der Waals surface area contributed by atoms with Crippen LogP contribution in [0.5, 0.6) is 0 Å². The molecular formula is C20H17Cl2N3O. The first kappa shape index (κ1) is 18.2. The molecule has 3 rings (SSSR count). The van der Waals surface area contributed by atoms with Gasteiger partial charge in [-0.15, -0.1) is 0 Å². The van der Waals surface area contributed by atoms with Crippen molar-refractivity contribution < 1.29 is 4.79 Å². The summed E-state index contributed by atoms with van der Waals surface area (Å²) in [6, 6.07) is 18.7. The predicted octanol–water partition coefficient (Wildman–Crippen LogP) is 5.81. The zero-order valence-corrected chi connectivity index (χ0v) is 15.6. The number of anilines is 2. The summed E-state index contributed by atoms with van der Waals surface area (Å²) < 4.78 is 0. The minimum atomic E-state index is -0.274. The van der Waals surface area contributed by atoms with Gasteiger partial charge in [-0.25, -0.2) is 4.98 Å². The van der Waals surface area contributed by atoms with Gasteiger partial charge < -0.3 is 10.6 Å². The summed E-state index contributed by atoms with van der Waals surface area (Å²) in [5.41, 5.74) is 2.99. The lowest BCUT2D eigenvalue weighted by Gasteiger charge is -2.17. The Kier molecular flexibility index (Phi) is 5.76. The minimum Gasteiger partial charge on any atom is -0.377 e. The second-order valence-electron chi connectivity index (χ2n) is 5.80. The Balaban J connectivity index is 1.69. The van der Waals surface area contributed by atoms with Crippen LogP contribution in [0.2, 0.25) is 10.2 Å². The van der Waals surface area contributed by atoms with E-state index in [-0.39, 0.29) is 11.9 Å². The first-order chi connectivity index (χ1) is 12.5. The van der Waals surface area contributed by atoms with Crippen LogP contribution < -0.4 is 10.6 Å². The molecule has 2 N–H and O–H groups in total. The predicted molar refractivity (Wildman–Crippen MR) is 107 cm³/mol. The standard InChI is InChI=1S/C20H17Cl2N3O/c1-13(14-5-3-2-4-6-14)24-18-9-8-16(11-17(18)21)25-20(26)15-7-10-19(22)23-12-15/h2-13,24H,1H3,(H,25,26)/t13-/m0/s1. The van der Waals surface area contributed by atoms with Crippen LogP contribution in [0.15, 0.2) is 66.9 Å². The molecule has 0 aliphatic rings. The van der Waals surface area contributed by atoms with E-state index in [9.17, 15) is 4.79 Å². The number of benzene rings is 2. The SMILES string of the molecule is C[C@H](Nc1ccc(NC(=O)c2ccc(Cl)nc2)cc1Cl)c1ccccc1. The fourth-order valence-electron chi connectivity index (χ4n) is 2.48. The number of pyridine rings is 1. The van der Waals surface area contributed by atoms with Crippen LogP contribution in [0.1, 0.15) is 28.9 Å². The Morgan fingerprint density at radius 2 is 1.81 bits per heavy atom. The molecule has 132 valence electrons. The molecule has 0 saturated heterocycles. The van der Waals surface area contributed by atoms with E-state index >= 15 is 0 Å². The first-order valence-electron chi connectivity index (χ1n) is 8.07. The van der Waals surface area contributed by atoms with Crippen molar-refractivity contribution in [3.63, 3.8) is 0 Å². The van der Waals surface area contributed by atoms with Crippen molar-refractivity contribution in [1.82, 2.24) is 4.98 Å². The highest BCUT2D eigenvalue weighted by Gasteiger charge is 2.10. The molecule has 0 fully saturated rings. The summed E-state index contributed by atoms with van der Waals surface area (Å²) in [6.45, 7) is 2.06. The van der Waals surface area contributed by atoms with Gasteiger partial charge in [-0.1, -0.05) is 53.5 Å². The average Bonchev–Trinajstić information content (AvgIpc) is 2.65. The molecule has 0 saturated carbocycles. The number of amides is 1. The lowest BCUT2D eigenvalue weighted by molar-refractivity contribution is 0.102. The van der Waals surface area contributed by atoms with Crippen molar-refractivity contribution in [3.8, 4) is 0 Å². The molecule has 6 heteroatoms. The molecule has 0 spiro atoms. The van der Waals surface area contributed by atoms with Gasteiger partial charge >= 0.3 is 0 Å². The van der Waals surface area contributed by atoms with Crippen LogP contribution in [0, 0.1) is 0 Å². The Morgan fingerprint density at radius 1 is 1.04 bits per heavy atom. The highest BCUT2D eigenvalue weighted by molar-refractivity contribution is 6.33. The van der Waals surface area contributed by atoms with E-state index in [1.165, 1.54) is 6.20 Å². The van der Waals surface area contributed by atoms with Crippen molar-refractivity contribution in [2.45, 2.75) is 13.0 Å². The number of hydrogen-bond donors (Lipinski definition) is 2. The number of carbonyl (C=O) groups excluding carboxylic acids is 1. The molecule has 4 nitrogen and oxygen atoms in total. The second-order valence-corrected chi connectivity index (χ2v) is 6.59. The van der Waals surface area contributed by atoms with Gasteiger partial charge in [0.15, 0.2) is 0 Å². The maximum absolute atomic E-state index is 12.2. The average molecular weight is 386 g/mol. The van der Waals surface area contributed by atoms with E-state index in [2.05, 4.69) is 34.7 Å². The van der Waals surface area contributed by atoms with Crippen molar-refractivity contribution in [1.29, 1.82) is 0 Å². The quantitative estimate of drug-likeness (QED) is 0.544. The third-order valence-electron chi connectivity index (χ3n) is 3.89. The van der Waals surface area contributed by atoms with Gasteiger partial charge in [0.25, 0.3) is 5.91 Å². The number of rotatable bonds is 5. The Hall–Kier alpha value is -2.56. The van der Waals surface area contributed by atoms with Gasteiger partial charge in [0.1, 0.15) is 5.15 Å². The van der Waals surface area contributed by atoms with Crippen LogP contribution in [0.25, 0.3) is 0 Å². The van der Waals surface area contributed by atoms with Crippen LogP contribution in [-0.2, 0) is 0 Å². The lowest BCUT2D eigenvalue weighted by atomic mass is 10.1. The van der Waals surface area contributed by atoms with Crippen molar-refractivity contribution >= 4 is 40.5 Å². The van der Waals surface area contributed by atoms with E-state index in [4.69, 9.17) is 23.2 Å². The van der Waals surface area contributed by atoms with Crippen LogP contribution >= 0.6 is 23.2 Å². The molecule has 1 aromatic heterocycles. The van der Waals surface area contributed by atoms with E-state index in [1.54, 1.807) is 24.3 Å². The monoisotopic (exact) mass is 385 g/mol. The normalized spacial score (nSPS) is 11.7. The molecule has 0 aliphatic heterocycles. The number of aromatic nitrogens is 1. The minimum absolute atomic E-state index is 0.106. The van der Waals surface area contributed by atoms with E-state index in [0.29, 0.717) is 21.4 Å². The molecule has 2 aromatic carbocycles. The largest absolute Gasteiger partial charge is 0.377 e. The molecule has 3 aromatic rings. The van der Waals surface area contributed by atoms with E-state index < -0.39 is 0 Å². The number of nitrogens with zero attached hydrogens (tertiary/aromatic N) is 1. The summed E-state index contributed by atoms with van der Waals surface area (Å²) in [6.07, 6.45) is 1.43. The molecule has 26 heavy (non-hydrogen) atoms. The Morgan fingerprint density at radius 3 is 2.46 bits per heavy atom. The molecule has 1 heterocycles. The molecular weight excluding hydrogens is 369 g/mol. The lowest BCUT2D eigenvalue weighted by Crippen LogP contribution is -2.12. The van der Waals surface area contributed by atoms with E-state index in [0.717, 1.165) is 11.3 Å². The summed E-state index contributed by atoms with van der Waals surface area (Å²) in [5.74, 6) is -0.274. The highest BCUT2D eigenvalue weighted by Crippen LogP contribution is 2.29. The smallest absolute Gasteiger partial charge is 0.257 e. The molecule has 1 atom stereocenters. The zero-order valence-electron chi connectivity index (χ0n) is 14.0. The summed E-state index contributed by atoms with van der Waals surface area (Å²) in [7, 11) is 0. The van der Waals surface area contributed by atoms with Gasteiger partial charge in [-0.3, -0.25) is 4.79 Å². The number of halogens is 2. The zero-order chi connectivity index (χ0) is 18.5. The summed E-state index contributed by atoms with van der Waals surface area (Å²) >= 11 is 12.1. The summed E-state index contributed by atoms with van der Waals surface area (Å²) in [4.78, 5) is 16.1. The number of hydrogen-bond acceptors (Lipinski definition) is 3. The molecule has 0 radical (unpaired) electrons. The summed E-state index contributed by atoms with van der Waals surface area (Å²) in [5, 5.41) is 7.04. The first-order valence-corrected chi connectivity index (χ1v) is 8.82. The maximum Gasteiger partial charge on any atom is 0.257 e. The molecule has 0 aliphatic carbocycles. The topological polar surface area (TPSA) is 54.0 Å². The van der Waals surface area contributed by atoms with Gasteiger partial charge in [-0.2, -0.15) is 0 Å². The fraction of sp³-hybridized carbons (Fsp3) is 0.100. The van der Waals surface area contributed by atoms with Crippen LogP contribution in [-0.4, -0.2) is 10.9 Å². The Labute approximate surface area is 162 Å².